The Morgan fingerprint density at radius 1 is 1.06 bits per heavy atom. The van der Waals surface area contributed by atoms with Gasteiger partial charge in [0.05, 0.1) is 6.61 Å². The molecule has 100 valence electrons. The van der Waals surface area contributed by atoms with E-state index in [1.165, 1.54) is 18.4 Å². The number of rotatable bonds is 5. The number of benzene rings is 1. The van der Waals surface area contributed by atoms with Crippen LogP contribution in [0.4, 0.5) is 0 Å². The molecule has 2 rings (SSSR count). The number of methoxy groups -OCH3 is 1. The van der Waals surface area contributed by atoms with Crippen LogP contribution in [0.1, 0.15) is 37.2 Å². The van der Waals surface area contributed by atoms with Crippen molar-refractivity contribution >= 4 is 0 Å². The smallest absolute Gasteiger partial charge is 0.119 e. The average Bonchev–Trinajstić information content (AvgIpc) is 2.41. The van der Waals surface area contributed by atoms with Gasteiger partial charge in [-0.25, -0.2) is 0 Å². The molecule has 0 spiro atoms. The first-order valence-electron chi connectivity index (χ1n) is 6.77. The molecule has 0 atom stereocenters. The number of nitrogens with two attached hydrogens (primary N) is 1. The third-order valence-electron chi connectivity index (χ3n) is 3.68. The van der Waals surface area contributed by atoms with E-state index < -0.39 is 0 Å². The Balaban J connectivity index is 1.87. The molecular weight excluding hydrogens is 226 g/mol. The van der Waals surface area contributed by atoms with Gasteiger partial charge < -0.3 is 15.2 Å². The quantitative estimate of drug-likeness (QED) is 0.816. The molecule has 0 heterocycles. The molecule has 0 saturated heterocycles. The predicted molar refractivity (Wildman–Crippen MR) is 73.0 cm³/mol. The minimum atomic E-state index is 0.415. The zero-order valence-corrected chi connectivity index (χ0v) is 11.1. The molecule has 0 amide bonds. The lowest BCUT2D eigenvalue weighted by Gasteiger charge is -2.26. The SMILES string of the molecule is COCCOc1ccc(C2CCC(N)CC2)cc1. The standard InChI is InChI=1S/C15H23NO2/c1-17-10-11-18-15-8-4-13(5-9-15)12-2-6-14(16)7-3-12/h4-5,8-9,12,14H,2-3,6-7,10-11,16H2,1H3. The second-order valence-corrected chi connectivity index (χ2v) is 5.02. The Morgan fingerprint density at radius 3 is 2.33 bits per heavy atom. The summed E-state index contributed by atoms with van der Waals surface area (Å²) in [5.74, 6) is 1.60. The third-order valence-corrected chi connectivity index (χ3v) is 3.68. The summed E-state index contributed by atoms with van der Waals surface area (Å²) in [6.45, 7) is 1.23. The number of hydrogen-bond donors (Lipinski definition) is 1. The fourth-order valence-corrected chi connectivity index (χ4v) is 2.53. The molecular formula is C15H23NO2. The second kappa shape index (κ2) is 6.76. The highest BCUT2D eigenvalue weighted by Gasteiger charge is 2.19. The summed E-state index contributed by atoms with van der Waals surface area (Å²) in [5, 5.41) is 0. The summed E-state index contributed by atoms with van der Waals surface area (Å²) < 4.78 is 10.5. The van der Waals surface area contributed by atoms with Crippen LogP contribution >= 0.6 is 0 Å². The fourth-order valence-electron chi connectivity index (χ4n) is 2.53. The van der Waals surface area contributed by atoms with E-state index in [9.17, 15) is 0 Å². The van der Waals surface area contributed by atoms with Crippen LogP contribution in [0.5, 0.6) is 5.75 Å². The molecule has 1 aromatic carbocycles. The molecule has 2 N–H and O–H groups in total. The molecule has 3 nitrogen and oxygen atoms in total. The van der Waals surface area contributed by atoms with Crippen molar-refractivity contribution in [1.82, 2.24) is 0 Å². The Morgan fingerprint density at radius 2 is 1.72 bits per heavy atom. The van der Waals surface area contributed by atoms with Gasteiger partial charge in [0, 0.05) is 13.2 Å². The van der Waals surface area contributed by atoms with E-state index in [2.05, 4.69) is 24.3 Å². The van der Waals surface area contributed by atoms with Gasteiger partial charge in [-0.1, -0.05) is 12.1 Å². The van der Waals surface area contributed by atoms with E-state index in [1.807, 2.05) is 0 Å². The van der Waals surface area contributed by atoms with Gasteiger partial charge in [-0.05, 0) is 49.3 Å². The van der Waals surface area contributed by atoms with Gasteiger partial charge in [-0.2, -0.15) is 0 Å². The van der Waals surface area contributed by atoms with Gasteiger partial charge in [0.1, 0.15) is 12.4 Å². The summed E-state index contributed by atoms with van der Waals surface area (Å²) in [5.41, 5.74) is 7.35. The minimum absolute atomic E-state index is 0.415. The highest BCUT2D eigenvalue weighted by atomic mass is 16.5. The van der Waals surface area contributed by atoms with Crippen molar-refractivity contribution in [2.75, 3.05) is 20.3 Å². The molecule has 3 heteroatoms. The van der Waals surface area contributed by atoms with Crippen LogP contribution in [0.25, 0.3) is 0 Å². The van der Waals surface area contributed by atoms with Gasteiger partial charge in [-0.3, -0.25) is 0 Å². The maximum absolute atomic E-state index is 5.94. The van der Waals surface area contributed by atoms with Crippen molar-refractivity contribution in [2.45, 2.75) is 37.6 Å². The Labute approximate surface area is 109 Å². The lowest BCUT2D eigenvalue weighted by atomic mass is 9.82. The maximum atomic E-state index is 5.94. The maximum Gasteiger partial charge on any atom is 0.119 e. The van der Waals surface area contributed by atoms with E-state index in [0.29, 0.717) is 25.2 Å². The second-order valence-electron chi connectivity index (χ2n) is 5.02. The van der Waals surface area contributed by atoms with E-state index >= 15 is 0 Å². The van der Waals surface area contributed by atoms with Crippen LogP contribution < -0.4 is 10.5 Å². The molecule has 1 aliphatic rings. The molecule has 0 radical (unpaired) electrons. The molecule has 0 aliphatic heterocycles. The van der Waals surface area contributed by atoms with E-state index in [1.54, 1.807) is 7.11 Å². The first kappa shape index (κ1) is 13.4. The van der Waals surface area contributed by atoms with Crippen molar-refractivity contribution in [1.29, 1.82) is 0 Å². The van der Waals surface area contributed by atoms with E-state index in [4.69, 9.17) is 15.2 Å². The Bertz CT molecular complexity index is 342. The van der Waals surface area contributed by atoms with Crippen LogP contribution in [-0.4, -0.2) is 26.4 Å². The average molecular weight is 249 g/mol. The molecule has 1 saturated carbocycles. The van der Waals surface area contributed by atoms with Crippen LogP contribution in [0.15, 0.2) is 24.3 Å². The lowest BCUT2D eigenvalue weighted by Crippen LogP contribution is -2.25. The Kier molecular flexibility index (Phi) is 5.02. The van der Waals surface area contributed by atoms with Crippen molar-refractivity contribution in [2.24, 2.45) is 5.73 Å². The summed E-state index contributed by atoms with van der Waals surface area (Å²) in [4.78, 5) is 0. The van der Waals surface area contributed by atoms with Gasteiger partial charge in [-0.15, -0.1) is 0 Å². The first-order valence-corrected chi connectivity index (χ1v) is 6.77. The van der Waals surface area contributed by atoms with Crippen molar-refractivity contribution in [3.05, 3.63) is 29.8 Å². The third kappa shape index (κ3) is 3.72. The normalized spacial score (nSPS) is 23.9. The summed E-state index contributed by atoms with van der Waals surface area (Å²) in [6, 6.07) is 8.89. The van der Waals surface area contributed by atoms with Crippen LogP contribution in [-0.2, 0) is 4.74 Å². The molecule has 18 heavy (non-hydrogen) atoms. The van der Waals surface area contributed by atoms with Crippen molar-refractivity contribution in [3.8, 4) is 5.75 Å². The van der Waals surface area contributed by atoms with Crippen LogP contribution in [0.3, 0.4) is 0 Å². The highest BCUT2D eigenvalue weighted by molar-refractivity contribution is 5.29. The Hall–Kier alpha value is -1.06. The van der Waals surface area contributed by atoms with Gasteiger partial charge >= 0.3 is 0 Å². The molecule has 1 aromatic rings. The molecule has 0 bridgehead atoms. The zero-order chi connectivity index (χ0) is 12.8. The topological polar surface area (TPSA) is 44.5 Å². The monoisotopic (exact) mass is 249 g/mol. The van der Waals surface area contributed by atoms with E-state index in [-0.39, 0.29) is 0 Å². The number of ether oxygens (including phenoxy) is 2. The highest BCUT2D eigenvalue weighted by Crippen LogP contribution is 2.32. The summed E-state index contributed by atoms with van der Waals surface area (Å²) in [7, 11) is 1.68. The zero-order valence-electron chi connectivity index (χ0n) is 11.1. The lowest BCUT2D eigenvalue weighted by molar-refractivity contribution is 0.146. The molecule has 0 unspecified atom stereocenters. The van der Waals surface area contributed by atoms with Crippen LogP contribution in [0, 0.1) is 0 Å². The van der Waals surface area contributed by atoms with E-state index in [0.717, 1.165) is 18.6 Å². The molecule has 1 aliphatic carbocycles. The van der Waals surface area contributed by atoms with Crippen molar-refractivity contribution in [3.63, 3.8) is 0 Å². The predicted octanol–water partition coefficient (Wildman–Crippen LogP) is 2.70. The molecule has 0 aromatic heterocycles. The van der Waals surface area contributed by atoms with Crippen LogP contribution in [0.2, 0.25) is 0 Å². The number of hydrogen-bond acceptors (Lipinski definition) is 3. The minimum Gasteiger partial charge on any atom is -0.491 e. The summed E-state index contributed by atoms with van der Waals surface area (Å²) in [6.07, 6.45) is 4.73. The largest absolute Gasteiger partial charge is 0.491 e. The van der Waals surface area contributed by atoms with Gasteiger partial charge in [0.2, 0.25) is 0 Å². The van der Waals surface area contributed by atoms with Crippen molar-refractivity contribution < 1.29 is 9.47 Å². The summed E-state index contributed by atoms with van der Waals surface area (Å²) >= 11 is 0. The molecule has 1 fully saturated rings. The van der Waals surface area contributed by atoms with Gasteiger partial charge in [0.15, 0.2) is 0 Å². The van der Waals surface area contributed by atoms with Gasteiger partial charge in [0.25, 0.3) is 0 Å². The fraction of sp³-hybridized carbons (Fsp3) is 0.600. The first-order chi connectivity index (χ1) is 8.79.